The molecular formula is C12H21NO. The summed E-state index contributed by atoms with van der Waals surface area (Å²) >= 11 is 0. The molecule has 14 heavy (non-hydrogen) atoms. The molecule has 1 N–H and O–H groups in total. The van der Waals surface area contributed by atoms with E-state index in [1.54, 1.807) is 0 Å². The summed E-state index contributed by atoms with van der Waals surface area (Å²) in [5.74, 6) is 0.679. The van der Waals surface area contributed by atoms with Crippen molar-refractivity contribution in [1.82, 2.24) is 5.32 Å². The van der Waals surface area contributed by atoms with Crippen molar-refractivity contribution in [2.45, 2.75) is 50.9 Å². The van der Waals surface area contributed by atoms with Gasteiger partial charge in [0.05, 0.1) is 12.2 Å². The maximum Gasteiger partial charge on any atom is 0.0626 e. The fourth-order valence-electron chi connectivity index (χ4n) is 2.78. The van der Waals surface area contributed by atoms with Crippen LogP contribution in [0.1, 0.15) is 32.6 Å². The highest BCUT2D eigenvalue weighted by molar-refractivity contribution is 5.01. The monoisotopic (exact) mass is 195 g/mol. The van der Waals surface area contributed by atoms with Crippen molar-refractivity contribution in [2.24, 2.45) is 5.92 Å². The SMILES string of the molecule is C=CC(NCCC)C1CC2CCC1O2. The van der Waals surface area contributed by atoms with E-state index >= 15 is 0 Å². The van der Waals surface area contributed by atoms with Crippen LogP contribution in [0.3, 0.4) is 0 Å². The maximum absolute atomic E-state index is 5.86. The van der Waals surface area contributed by atoms with Gasteiger partial charge in [-0.15, -0.1) is 6.58 Å². The Bertz CT molecular complexity index is 204. The van der Waals surface area contributed by atoms with E-state index in [0.717, 1.165) is 6.54 Å². The molecule has 80 valence electrons. The van der Waals surface area contributed by atoms with Crippen molar-refractivity contribution < 1.29 is 4.74 Å². The molecule has 0 aromatic heterocycles. The highest BCUT2D eigenvalue weighted by atomic mass is 16.5. The Morgan fingerprint density at radius 3 is 2.93 bits per heavy atom. The van der Waals surface area contributed by atoms with Gasteiger partial charge >= 0.3 is 0 Å². The Morgan fingerprint density at radius 2 is 2.43 bits per heavy atom. The molecule has 2 heterocycles. The molecule has 2 aliphatic heterocycles. The zero-order valence-electron chi connectivity index (χ0n) is 9.04. The van der Waals surface area contributed by atoms with Crippen molar-refractivity contribution in [1.29, 1.82) is 0 Å². The lowest BCUT2D eigenvalue weighted by Gasteiger charge is -2.26. The quantitative estimate of drug-likeness (QED) is 0.678. The molecular weight excluding hydrogens is 174 g/mol. The lowest BCUT2D eigenvalue weighted by atomic mass is 9.84. The van der Waals surface area contributed by atoms with Gasteiger partial charge in [-0.1, -0.05) is 13.0 Å². The van der Waals surface area contributed by atoms with Crippen LogP contribution >= 0.6 is 0 Å². The third kappa shape index (κ3) is 1.86. The standard InChI is InChI=1S/C12H21NO/c1-3-7-13-11(4-2)10-8-9-5-6-12(10)14-9/h4,9-13H,2-3,5-8H2,1H3. The molecule has 0 amide bonds. The third-order valence-electron chi connectivity index (χ3n) is 3.50. The second-order valence-corrected chi connectivity index (χ2v) is 4.49. The van der Waals surface area contributed by atoms with Gasteiger partial charge in [0.25, 0.3) is 0 Å². The van der Waals surface area contributed by atoms with Crippen LogP contribution in [0.2, 0.25) is 0 Å². The molecule has 0 aromatic carbocycles. The normalized spacial score (nSPS) is 37.4. The lowest BCUT2D eigenvalue weighted by Crippen LogP contribution is -2.39. The Balaban J connectivity index is 1.89. The van der Waals surface area contributed by atoms with Crippen molar-refractivity contribution >= 4 is 0 Å². The zero-order valence-corrected chi connectivity index (χ0v) is 9.04. The predicted octanol–water partition coefficient (Wildman–Crippen LogP) is 2.11. The number of rotatable bonds is 5. The summed E-state index contributed by atoms with van der Waals surface area (Å²) in [5.41, 5.74) is 0. The summed E-state index contributed by atoms with van der Waals surface area (Å²) < 4.78 is 5.86. The Morgan fingerprint density at radius 1 is 1.57 bits per heavy atom. The minimum Gasteiger partial charge on any atom is -0.375 e. The number of hydrogen-bond donors (Lipinski definition) is 1. The Labute approximate surface area is 86.7 Å². The van der Waals surface area contributed by atoms with E-state index in [1.165, 1.54) is 25.7 Å². The highest BCUT2D eigenvalue weighted by Crippen LogP contribution is 2.40. The summed E-state index contributed by atoms with van der Waals surface area (Å²) in [4.78, 5) is 0. The molecule has 0 aromatic rings. The van der Waals surface area contributed by atoms with Crippen molar-refractivity contribution in [2.75, 3.05) is 6.54 Å². The first kappa shape index (κ1) is 10.2. The lowest BCUT2D eigenvalue weighted by molar-refractivity contribution is 0.0888. The van der Waals surface area contributed by atoms with Gasteiger partial charge in [-0.3, -0.25) is 0 Å². The summed E-state index contributed by atoms with van der Waals surface area (Å²) in [6.45, 7) is 7.21. The summed E-state index contributed by atoms with van der Waals surface area (Å²) in [6.07, 6.45) is 8.07. The van der Waals surface area contributed by atoms with Crippen LogP contribution in [0.25, 0.3) is 0 Å². The van der Waals surface area contributed by atoms with Crippen LogP contribution in [0.4, 0.5) is 0 Å². The first-order valence-corrected chi connectivity index (χ1v) is 5.86. The average Bonchev–Trinajstić information content (AvgIpc) is 2.80. The molecule has 2 rings (SSSR count). The fraction of sp³-hybridized carbons (Fsp3) is 0.833. The van der Waals surface area contributed by atoms with Gasteiger partial charge in [-0.05, 0) is 32.2 Å². The van der Waals surface area contributed by atoms with Crippen LogP contribution in [-0.2, 0) is 4.74 Å². The molecule has 4 atom stereocenters. The van der Waals surface area contributed by atoms with Gasteiger partial charge in [-0.2, -0.15) is 0 Å². The number of fused-ring (bicyclic) bond motifs is 2. The first-order chi connectivity index (χ1) is 6.85. The maximum atomic E-state index is 5.86. The van der Waals surface area contributed by atoms with Gasteiger partial charge in [-0.25, -0.2) is 0 Å². The van der Waals surface area contributed by atoms with E-state index in [-0.39, 0.29) is 0 Å². The van der Waals surface area contributed by atoms with Gasteiger partial charge in [0.15, 0.2) is 0 Å². The molecule has 2 nitrogen and oxygen atoms in total. The smallest absolute Gasteiger partial charge is 0.0626 e. The number of ether oxygens (including phenoxy) is 1. The largest absolute Gasteiger partial charge is 0.375 e. The predicted molar refractivity (Wildman–Crippen MR) is 58.3 cm³/mol. The van der Waals surface area contributed by atoms with Crippen LogP contribution in [-0.4, -0.2) is 24.8 Å². The first-order valence-electron chi connectivity index (χ1n) is 5.86. The summed E-state index contributed by atoms with van der Waals surface area (Å²) in [6, 6.07) is 0.463. The van der Waals surface area contributed by atoms with Crippen molar-refractivity contribution in [3.05, 3.63) is 12.7 Å². The minimum absolute atomic E-state index is 0.463. The van der Waals surface area contributed by atoms with E-state index in [4.69, 9.17) is 4.74 Å². The minimum atomic E-state index is 0.463. The fourth-order valence-corrected chi connectivity index (χ4v) is 2.78. The molecule has 0 aliphatic carbocycles. The van der Waals surface area contributed by atoms with Crippen LogP contribution in [0.15, 0.2) is 12.7 Å². The molecule has 2 saturated heterocycles. The second kappa shape index (κ2) is 4.45. The topological polar surface area (TPSA) is 21.3 Å². The van der Waals surface area contributed by atoms with Crippen LogP contribution < -0.4 is 5.32 Å². The van der Waals surface area contributed by atoms with Gasteiger partial charge < -0.3 is 10.1 Å². The van der Waals surface area contributed by atoms with Crippen molar-refractivity contribution in [3.63, 3.8) is 0 Å². The average molecular weight is 195 g/mol. The Hall–Kier alpha value is -0.340. The van der Waals surface area contributed by atoms with Gasteiger partial charge in [0.2, 0.25) is 0 Å². The molecule has 0 saturated carbocycles. The molecule has 2 fully saturated rings. The van der Waals surface area contributed by atoms with Gasteiger partial charge in [0.1, 0.15) is 0 Å². The van der Waals surface area contributed by atoms with E-state index in [1.807, 2.05) is 0 Å². The molecule has 2 heteroatoms. The Kier molecular flexibility index (Phi) is 3.24. The van der Waals surface area contributed by atoms with E-state index in [2.05, 4.69) is 24.9 Å². The van der Waals surface area contributed by atoms with Gasteiger partial charge in [0, 0.05) is 12.0 Å². The second-order valence-electron chi connectivity index (χ2n) is 4.49. The molecule has 0 spiro atoms. The highest BCUT2D eigenvalue weighted by Gasteiger charge is 2.43. The van der Waals surface area contributed by atoms with Crippen LogP contribution in [0, 0.1) is 5.92 Å². The third-order valence-corrected chi connectivity index (χ3v) is 3.50. The van der Waals surface area contributed by atoms with E-state index in [9.17, 15) is 0 Å². The zero-order chi connectivity index (χ0) is 9.97. The summed E-state index contributed by atoms with van der Waals surface area (Å²) in [7, 11) is 0. The van der Waals surface area contributed by atoms with E-state index in [0.29, 0.717) is 24.2 Å². The number of nitrogens with one attached hydrogen (secondary N) is 1. The molecule has 0 radical (unpaired) electrons. The van der Waals surface area contributed by atoms with Crippen molar-refractivity contribution in [3.8, 4) is 0 Å². The molecule has 2 aliphatic rings. The number of hydrogen-bond acceptors (Lipinski definition) is 2. The molecule has 4 unspecified atom stereocenters. The van der Waals surface area contributed by atoms with E-state index < -0.39 is 0 Å². The summed E-state index contributed by atoms with van der Waals surface area (Å²) in [5, 5.41) is 3.55. The van der Waals surface area contributed by atoms with Crippen LogP contribution in [0.5, 0.6) is 0 Å². The molecule has 2 bridgehead atoms.